The van der Waals surface area contributed by atoms with E-state index in [0.29, 0.717) is 17.7 Å². The van der Waals surface area contributed by atoms with Gasteiger partial charge in [0.15, 0.2) is 6.04 Å². The first-order valence-electron chi connectivity index (χ1n) is 6.76. The van der Waals surface area contributed by atoms with Crippen LogP contribution < -0.4 is 0 Å². The number of hydrogen-bond donors (Lipinski definition) is 1. The van der Waals surface area contributed by atoms with E-state index in [9.17, 15) is 14.7 Å². The van der Waals surface area contributed by atoms with Gasteiger partial charge in [-0.15, -0.1) is 0 Å². The Bertz CT molecular complexity index is 706. The van der Waals surface area contributed by atoms with Gasteiger partial charge < -0.3 is 10.0 Å². The number of carbonyl (C=O) groups is 2. The summed E-state index contributed by atoms with van der Waals surface area (Å²) in [7, 11) is 0. The summed E-state index contributed by atoms with van der Waals surface area (Å²) in [4.78, 5) is 25.5. The number of carbonyl (C=O) groups excluding carboxylic acids is 1. The molecule has 0 saturated carbocycles. The Hall–Kier alpha value is -2.62. The second-order valence-corrected chi connectivity index (χ2v) is 5.24. The summed E-state index contributed by atoms with van der Waals surface area (Å²) in [6.45, 7) is 2.27. The summed E-state index contributed by atoms with van der Waals surface area (Å²) in [6, 6.07) is 13.6. The zero-order chi connectivity index (χ0) is 15.0. The second-order valence-electron chi connectivity index (χ2n) is 5.24. The Kier molecular flexibility index (Phi) is 3.22. The van der Waals surface area contributed by atoms with Crippen molar-refractivity contribution >= 4 is 11.9 Å². The number of carboxylic acids is 1. The first-order valence-corrected chi connectivity index (χ1v) is 6.76. The van der Waals surface area contributed by atoms with Gasteiger partial charge >= 0.3 is 5.97 Å². The van der Waals surface area contributed by atoms with Crippen molar-refractivity contribution in [3.8, 4) is 0 Å². The Morgan fingerprint density at radius 2 is 1.81 bits per heavy atom. The number of nitrogens with zero attached hydrogens (tertiary/aromatic N) is 1. The molecule has 1 amide bonds. The van der Waals surface area contributed by atoms with Crippen molar-refractivity contribution in [3.05, 3.63) is 70.8 Å². The summed E-state index contributed by atoms with van der Waals surface area (Å²) in [5.74, 6) is -1.24. The van der Waals surface area contributed by atoms with E-state index in [1.54, 1.807) is 24.3 Å². The molecule has 0 aromatic heterocycles. The van der Waals surface area contributed by atoms with Gasteiger partial charge in [0, 0.05) is 12.1 Å². The molecule has 106 valence electrons. The average Bonchev–Trinajstić information content (AvgIpc) is 2.79. The molecule has 1 N–H and O–H groups in total. The first-order chi connectivity index (χ1) is 10.1. The monoisotopic (exact) mass is 281 g/mol. The van der Waals surface area contributed by atoms with Crippen molar-refractivity contribution in [1.82, 2.24) is 4.90 Å². The number of aryl methyl sites for hydroxylation is 1. The van der Waals surface area contributed by atoms with E-state index < -0.39 is 12.0 Å². The third-order valence-electron chi connectivity index (χ3n) is 3.79. The minimum absolute atomic E-state index is 0.224. The van der Waals surface area contributed by atoms with Gasteiger partial charge in [-0.05, 0) is 24.1 Å². The molecule has 1 unspecified atom stereocenters. The van der Waals surface area contributed by atoms with Crippen LogP contribution in [0.15, 0.2) is 48.5 Å². The molecule has 0 aliphatic carbocycles. The molecule has 1 atom stereocenters. The van der Waals surface area contributed by atoms with E-state index in [0.717, 1.165) is 11.1 Å². The number of benzene rings is 2. The van der Waals surface area contributed by atoms with E-state index in [1.807, 2.05) is 31.2 Å². The molecule has 4 heteroatoms. The molecule has 2 aromatic rings. The highest BCUT2D eigenvalue weighted by atomic mass is 16.4. The number of amides is 1. The third-order valence-corrected chi connectivity index (χ3v) is 3.79. The van der Waals surface area contributed by atoms with Crippen molar-refractivity contribution in [2.45, 2.75) is 19.5 Å². The van der Waals surface area contributed by atoms with E-state index in [-0.39, 0.29) is 5.91 Å². The summed E-state index contributed by atoms with van der Waals surface area (Å²) in [6.07, 6.45) is 0. The van der Waals surface area contributed by atoms with Crippen LogP contribution in [0.25, 0.3) is 0 Å². The first kappa shape index (κ1) is 13.4. The Morgan fingerprint density at radius 1 is 1.14 bits per heavy atom. The Balaban J connectivity index is 1.99. The van der Waals surface area contributed by atoms with Gasteiger partial charge in [0.1, 0.15) is 0 Å². The number of hydrogen-bond acceptors (Lipinski definition) is 2. The SMILES string of the molecule is Cc1ccc(C(C(=O)O)N2Cc3ccccc3C2=O)cc1. The van der Waals surface area contributed by atoms with Gasteiger partial charge in [0.05, 0.1) is 0 Å². The van der Waals surface area contributed by atoms with Crippen LogP contribution in [0.5, 0.6) is 0 Å². The molecule has 1 aliphatic heterocycles. The maximum absolute atomic E-state index is 12.4. The van der Waals surface area contributed by atoms with Crippen LogP contribution in [0, 0.1) is 6.92 Å². The standard InChI is InChI=1S/C17H15NO3/c1-11-6-8-12(9-7-11)15(17(20)21)18-10-13-4-2-3-5-14(13)16(18)19/h2-9,15H,10H2,1H3,(H,20,21). The van der Waals surface area contributed by atoms with Gasteiger partial charge in [0.2, 0.25) is 0 Å². The van der Waals surface area contributed by atoms with E-state index in [4.69, 9.17) is 0 Å². The van der Waals surface area contributed by atoms with Crippen LogP contribution >= 0.6 is 0 Å². The molecule has 21 heavy (non-hydrogen) atoms. The van der Waals surface area contributed by atoms with Gasteiger partial charge in [-0.2, -0.15) is 0 Å². The van der Waals surface area contributed by atoms with Crippen molar-refractivity contribution in [1.29, 1.82) is 0 Å². The van der Waals surface area contributed by atoms with Crippen LogP contribution in [0.4, 0.5) is 0 Å². The molecule has 1 heterocycles. The van der Waals surface area contributed by atoms with Gasteiger partial charge in [-0.3, -0.25) is 4.79 Å². The zero-order valence-electron chi connectivity index (χ0n) is 11.6. The molecule has 0 radical (unpaired) electrons. The molecule has 0 fully saturated rings. The van der Waals surface area contributed by atoms with Crippen LogP contribution in [0.1, 0.15) is 33.1 Å². The predicted octanol–water partition coefficient (Wildman–Crippen LogP) is 2.78. The van der Waals surface area contributed by atoms with Gasteiger partial charge in [-0.25, -0.2) is 4.79 Å². The number of fused-ring (bicyclic) bond motifs is 1. The molecule has 3 rings (SSSR count). The fourth-order valence-electron chi connectivity index (χ4n) is 2.69. The predicted molar refractivity (Wildman–Crippen MR) is 77.9 cm³/mol. The lowest BCUT2D eigenvalue weighted by atomic mass is 10.0. The fraction of sp³-hybridized carbons (Fsp3) is 0.176. The molecule has 0 bridgehead atoms. The highest BCUT2D eigenvalue weighted by Crippen LogP contribution is 2.31. The molecule has 4 nitrogen and oxygen atoms in total. The summed E-state index contributed by atoms with van der Waals surface area (Å²) in [5, 5.41) is 9.56. The smallest absolute Gasteiger partial charge is 0.331 e. The molecular weight excluding hydrogens is 266 g/mol. The maximum Gasteiger partial charge on any atom is 0.331 e. The molecule has 0 spiro atoms. The fourth-order valence-corrected chi connectivity index (χ4v) is 2.69. The lowest BCUT2D eigenvalue weighted by Gasteiger charge is -2.24. The lowest BCUT2D eigenvalue weighted by Crippen LogP contribution is -2.34. The Labute approximate surface area is 122 Å². The van der Waals surface area contributed by atoms with Crippen molar-refractivity contribution in [2.75, 3.05) is 0 Å². The van der Waals surface area contributed by atoms with Crippen molar-refractivity contribution in [2.24, 2.45) is 0 Å². The van der Waals surface area contributed by atoms with Gasteiger partial charge in [-0.1, -0.05) is 48.0 Å². The quantitative estimate of drug-likeness (QED) is 0.941. The van der Waals surface area contributed by atoms with Crippen LogP contribution in [-0.4, -0.2) is 21.9 Å². The topological polar surface area (TPSA) is 57.6 Å². The largest absolute Gasteiger partial charge is 0.479 e. The van der Waals surface area contributed by atoms with Crippen molar-refractivity contribution in [3.63, 3.8) is 0 Å². The average molecular weight is 281 g/mol. The summed E-state index contributed by atoms with van der Waals surface area (Å²) < 4.78 is 0. The normalized spacial score (nSPS) is 14.9. The molecular formula is C17H15NO3. The third kappa shape index (κ3) is 2.29. The molecule has 1 aliphatic rings. The highest BCUT2D eigenvalue weighted by Gasteiger charge is 2.37. The number of aliphatic carboxylic acids is 1. The number of rotatable bonds is 3. The maximum atomic E-state index is 12.4. The van der Waals surface area contributed by atoms with E-state index >= 15 is 0 Å². The van der Waals surface area contributed by atoms with E-state index in [1.165, 1.54) is 4.90 Å². The van der Waals surface area contributed by atoms with Crippen LogP contribution in [-0.2, 0) is 11.3 Å². The molecule has 2 aromatic carbocycles. The van der Waals surface area contributed by atoms with Crippen LogP contribution in [0.2, 0.25) is 0 Å². The van der Waals surface area contributed by atoms with E-state index in [2.05, 4.69) is 0 Å². The lowest BCUT2D eigenvalue weighted by molar-refractivity contribution is -0.142. The zero-order valence-corrected chi connectivity index (χ0v) is 11.6. The number of carboxylic acid groups (broad SMARTS) is 1. The van der Waals surface area contributed by atoms with Crippen molar-refractivity contribution < 1.29 is 14.7 Å². The minimum Gasteiger partial charge on any atom is -0.479 e. The van der Waals surface area contributed by atoms with Crippen LogP contribution in [0.3, 0.4) is 0 Å². The molecule has 0 saturated heterocycles. The Morgan fingerprint density at radius 3 is 2.43 bits per heavy atom. The van der Waals surface area contributed by atoms with Gasteiger partial charge in [0.25, 0.3) is 5.91 Å². The second kappa shape index (κ2) is 5.05. The minimum atomic E-state index is -1.01. The highest BCUT2D eigenvalue weighted by molar-refractivity contribution is 6.00. The summed E-state index contributed by atoms with van der Waals surface area (Å²) >= 11 is 0. The summed E-state index contributed by atoms with van der Waals surface area (Å²) in [5.41, 5.74) is 3.14.